The number of carbonyl (C=O) groups excluding carboxylic acids is 1. The number of hydrogen-bond donors (Lipinski definition) is 0. The summed E-state index contributed by atoms with van der Waals surface area (Å²) in [7, 11) is -4.44. The quantitative estimate of drug-likeness (QED) is 0.517. The van der Waals surface area contributed by atoms with Gasteiger partial charge in [-0.3, -0.25) is 4.79 Å². The zero-order valence-electron chi connectivity index (χ0n) is 17.8. The van der Waals surface area contributed by atoms with Crippen LogP contribution in [0.4, 0.5) is 13.2 Å². The molecule has 170 valence electrons. The molecule has 0 aromatic heterocycles. The Morgan fingerprint density at radius 2 is 1.65 bits per heavy atom. The van der Waals surface area contributed by atoms with Crippen molar-refractivity contribution in [2.45, 2.75) is 45.3 Å². The first kappa shape index (κ1) is 24.7. The molecule has 0 spiro atoms. The summed E-state index contributed by atoms with van der Waals surface area (Å²) in [5.41, 5.74) is -0.300. The highest BCUT2D eigenvalue weighted by Crippen LogP contribution is 2.31. The molecule has 0 fully saturated rings. The number of rotatable bonds is 8. The maximum atomic E-state index is 12.9. The fourth-order valence-electron chi connectivity index (χ4n) is 2.91. The lowest BCUT2D eigenvalue weighted by Crippen LogP contribution is -2.36. The number of halogens is 3. The summed E-state index contributed by atoms with van der Waals surface area (Å²) in [6.07, 6.45) is -4.66. The lowest BCUT2D eigenvalue weighted by molar-refractivity contribution is -0.138. The third-order valence-electron chi connectivity index (χ3n) is 4.34. The van der Waals surface area contributed by atoms with E-state index < -0.39 is 26.8 Å². The first-order valence-electron chi connectivity index (χ1n) is 9.79. The van der Waals surface area contributed by atoms with Crippen molar-refractivity contribution in [2.75, 3.05) is 6.54 Å². The largest absolute Gasteiger partial charge is 0.416 e. The standard InChI is InChI=1S/C22H26F3NO4S/c1-15(2)13-26(21(27)16(3)4)14-17-8-10-19(11-9-17)30-31(28,29)20-7-5-6-18(12-20)22(23,24)25/h5-12,15-16H,13-14H2,1-4H3. The second-order valence-corrected chi connectivity index (χ2v) is 9.52. The minimum absolute atomic E-state index is 0.0150. The van der Waals surface area contributed by atoms with Gasteiger partial charge in [0.15, 0.2) is 0 Å². The molecule has 9 heteroatoms. The average Bonchev–Trinajstić information content (AvgIpc) is 2.67. The fourth-order valence-corrected chi connectivity index (χ4v) is 3.89. The molecule has 0 bridgehead atoms. The summed E-state index contributed by atoms with van der Waals surface area (Å²) in [5.74, 6) is 0.106. The second kappa shape index (κ2) is 9.72. The van der Waals surface area contributed by atoms with E-state index in [0.29, 0.717) is 19.2 Å². The Hall–Kier alpha value is -2.55. The summed E-state index contributed by atoms with van der Waals surface area (Å²) < 4.78 is 68.3. The van der Waals surface area contributed by atoms with Gasteiger partial charge in [0.05, 0.1) is 5.56 Å². The van der Waals surface area contributed by atoms with Crippen LogP contribution in [0.3, 0.4) is 0 Å². The van der Waals surface area contributed by atoms with E-state index in [4.69, 9.17) is 4.18 Å². The van der Waals surface area contributed by atoms with Crippen LogP contribution in [0.5, 0.6) is 5.75 Å². The molecule has 0 aliphatic heterocycles. The third-order valence-corrected chi connectivity index (χ3v) is 5.59. The topological polar surface area (TPSA) is 63.7 Å². The number of amides is 1. The van der Waals surface area contributed by atoms with Crippen molar-refractivity contribution in [3.63, 3.8) is 0 Å². The Balaban J connectivity index is 2.17. The third kappa shape index (κ3) is 6.99. The molecule has 2 aromatic carbocycles. The highest BCUT2D eigenvalue weighted by molar-refractivity contribution is 7.87. The highest BCUT2D eigenvalue weighted by atomic mass is 32.2. The van der Waals surface area contributed by atoms with Gasteiger partial charge in [0, 0.05) is 19.0 Å². The maximum Gasteiger partial charge on any atom is 0.416 e. The normalized spacial score (nSPS) is 12.3. The molecule has 0 unspecified atom stereocenters. The molecule has 0 aliphatic rings. The van der Waals surface area contributed by atoms with E-state index in [-0.39, 0.29) is 23.5 Å². The molecule has 0 atom stereocenters. The van der Waals surface area contributed by atoms with Crippen LogP contribution in [0, 0.1) is 11.8 Å². The Kier molecular flexibility index (Phi) is 7.75. The van der Waals surface area contributed by atoms with Gasteiger partial charge in [-0.1, -0.05) is 45.9 Å². The minimum Gasteiger partial charge on any atom is -0.379 e. The monoisotopic (exact) mass is 457 g/mol. The predicted octanol–water partition coefficient (Wildman–Crippen LogP) is 5.11. The van der Waals surface area contributed by atoms with Crippen LogP contribution in [0.15, 0.2) is 53.4 Å². The minimum atomic E-state index is -4.66. The highest BCUT2D eigenvalue weighted by Gasteiger charge is 2.32. The lowest BCUT2D eigenvalue weighted by atomic mass is 10.1. The Morgan fingerprint density at radius 3 is 2.16 bits per heavy atom. The van der Waals surface area contributed by atoms with E-state index in [0.717, 1.165) is 23.8 Å². The van der Waals surface area contributed by atoms with Gasteiger partial charge in [0.25, 0.3) is 0 Å². The van der Waals surface area contributed by atoms with Crippen LogP contribution in [0.1, 0.15) is 38.8 Å². The lowest BCUT2D eigenvalue weighted by Gasteiger charge is -2.26. The number of hydrogen-bond acceptors (Lipinski definition) is 4. The maximum absolute atomic E-state index is 12.9. The number of carbonyl (C=O) groups is 1. The molecule has 2 aromatic rings. The van der Waals surface area contributed by atoms with E-state index in [1.807, 2.05) is 27.7 Å². The van der Waals surface area contributed by atoms with Crippen LogP contribution < -0.4 is 4.18 Å². The first-order valence-corrected chi connectivity index (χ1v) is 11.2. The van der Waals surface area contributed by atoms with E-state index in [1.165, 1.54) is 12.1 Å². The van der Waals surface area contributed by atoms with Crippen LogP contribution in [-0.4, -0.2) is 25.8 Å². The van der Waals surface area contributed by atoms with Gasteiger partial charge in [0.2, 0.25) is 5.91 Å². The molecule has 0 aliphatic carbocycles. The van der Waals surface area contributed by atoms with Crippen LogP contribution >= 0.6 is 0 Å². The van der Waals surface area contributed by atoms with Crippen LogP contribution in [-0.2, 0) is 27.6 Å². The van der Waals surface area contributed by atoms with Gasteiger partial charge >= 0.3 is 16.3 Å². The molecule has 0 radical (unpaired) electrons. The molecule has 0 heterocycles. The van der Waals surface area contributed by atoms with E-state index in [1.54, 1.807) is 17.0 Å². The van der Waals surface area contributed by atoms with Crippen molar-refractivity contribution in [2.24, 2.45) is 11.8 Å². The fraction of sp³-hybridized carbons (Fsp3) is 0.409. The smallest absolute Gasteiger partial charge is 0.379 e. The van der Waals surface area contributed by atoms with Gasteiger partial charge < -0.3 is 9.08 Å². The van der Waals surface area contributed by atoms with Gasteiger partial charge in [-0.05, 0) is 41.8 Å². The summed E-state index contributed by atoms with van der Waals surface area (Å²) in [4.78, 5) is 13.6. The van der Waals surface area contributed by atoms with Crippen LogP contribution in [0.25, 0.3) is 0 Å². The predicted molar refractivity (Wildman–Crippen MR) is 111 cm³/mol. The molecule has 5 nitrogen and oxygen atoms in total. The van der Waals surface area contributed by atoms with Crippen molar-refractivity contribution < 1.29 is 30.6 Å². The molecule has 0 saturated heterocycles. The van der Waals surface area contributed by atoms with Crippen molar-refractivity contribution in [1.82, 2.24) is 4.90 Å². The van der Waals surface area contributed by atoms with Crippen molar-refractivity contribution in [1.29, 1.82) is 0 Å². The SMILES string of the molecule is CC(C)CN(Cc1ccc(OS(=O)(=O)c2cccc(C(F)(F)F)c2)cc1)C(=O)C(C)C. The Morgan fingerprint density at radius 1 is 1.03 bits per heavy atom. The molecule has 0 saturated carbocycles. The Labute approximate surface area is 181 Å². The molecule has 0 N–H and O–H groups in total. The molecule has 2 rings (SSSR count). The van der Waals surface area contributed by atoms with Crippen molar-refractivity contribution in [3.05, 3.63) is 59.7 Å². The zero-order chi connectivity index (χ0) is 23.4. The molecule has 1 amide bonds. The number of benzene rings is 2. The summed E-state index contributed by atoms with van der Waals surface area (Å²) in [5, 5.41) is 0. The molecule has 31 heavy (non-hydrogen) atoms. The van der Waals surface area contributed by atoms with E-state index in [9.17, 15) is 26.4 Å². The van der Waals surface area contributed by atoms with Gasteiger partial charge in [-0.25, -0.2) is 0 Å². The summed E-state index contributed by atoms with van der Waals surface area (Å²) in [6.45, 7) is 8.61. The van der Waals surface area contributed by atoms with Crippen molar-refractivity contribution >= 4 is 16.0 Å². The van der Waals surface area contributed by atoms with Gasteiger partial charge in [-0.2, -0.15) is 21.6 Å². The number of alkyl halides is 3. The zero-order valence-corrected chi connectivity index (χ0v) is 18.6. The van der Waals surface area contributed by atoms with E-state index in [2.05, 4.69) is 0 Å². The number of nitrogens with zero attached hydrogens (tertiary/aromatic N) is 1. The Bertz CT molecular complexity index is 1000. The first-order chi connectivity index (χ1) is 14.3. The molecular formula is C22H26F3NO4S. The van der Waals surface area contributed by atoms with Crippen LogP contribution in [0.2, 0.25) is 0 Å². The van der Waals surface area contributed by atoms with E-state index >= 15 is 0 Å². The second-order valence-electron chi connectivity index (χ2n) is 7.97. The van der Waals surface area contributed by atoms with Gasteiger partial charge in [-0.15, -0.1) is 0 Å². The average molecular weight is 458 g/mol. The summed E-state index contributed by atoms with van der Waals surface area (Å²) >= 11 is 0. The summed E-state index contributed by atoms with van der Waals surface area (Å²) in [6, 6.07) is 9.44. The molecular weight excluding hydrogens is 431 g/mol. The van der Waals surface area contributed by atoms with Gasteiger partial charge in [0.1, 0.15) is 10.6 Å². The van der Waals surface area contributed by atoms with Crippen molar-refractivity contribution in [3.8, 4) is 5.75 Å².